The van der Waals surface area contributed by atoms with Gasteiger partial charge >= 0.3 is 5.97 Å². The molecule has 22 heavy (non-hydrogen) atoms. The molecule has 0 aliphatic heterocycles. The molecule has 2 aromatic rings. The minimum Gasteiger partial charge on any atom is -0.481 e. The van der Waals surface area contributed by atoms with Gasteiger partial charge in [-0.05, 0) is 62.4 Å². The van der Waals surface area contributed by atoms with Crippen molar-refractivity contribution in [2.45, 2.75) is 29.9 Å². The summed E-state index contributed by atoms with van der Waals surface area (Å²) in [5.74, 6) is 0.652. The molecule has 0 atom stereocenters. The van der Waals surface area contributed by atoms with Gasteiger partial charge in [0.2, 0.25) is 0 Å². The zero-order valence-electron chi connectivity index (χ0n) is 12.4. The Hall–Kier alpha value is -1.65. The van der Waals surface area contributed by atoms with Crippen LogP contribution in [0.2, 0.25) is 5.02 Å². The van der Waals surface area contributed by atoms with E-state index in [9.17, 15) is 4.79 Å². The Kier molecular flexibility index (Phi) is 5.37. The fourth-order valence-electron chi connectivity index (χ4n) is 1.93. The summed E-state index contributed by atoms with van der Waals surface area (Å²) in [5.41, 5.74) is 0. The smallest absolute Gasteiger partial charge is 0.304 e. The van der Waals surface area contributed by atoms with Crippen molar-refractivity contribution in [2.75, 3.05) is 0 Å². The zero-order valence-corrected chi connectivity index (χ0v) is 13.9. The van der Waals surface area contributed by atoms with Crippen molar-refractivity contribution in [3.63, 3.8) is 0 Å². The van der Waals surface area contributed by atoms with Crippen LogP contribution in [0.15, 0.2) is 53.4 Å². The SMILES string of the molecule is CC(C)(CC(=O)O)Sc1ccc(Oc2ccc(Cl)cc2)cc1. The van der Waals surface area contributed by atoms with Gasteiger partial charge in [0, 0.05) is 14.7 Å². The van der Waals surface area contributed by atoms with Crippen molar-refractivity contribution >= 4 is 29.3 Å². The lowest BCUT2D eigenvalue weighted by Gasteiger charge is -2.21. The van der Waals surface area contributed by atoms with Crippen LogP contribution >= 0.6 is 23.4 Å². The van der Waals surface area contributed by atoms with Crippen molar-refractivity contribution in [3.05, 3.63) is 53.6 Å². The molecule has 1 N–H and O–H groups in total. The normalized spacial score (nSPS) is 11.2. The van der Waals surface area contributed by atoms with Gasteiger partial charge in [0.15, 0.2) is 0 Å². The van der Waals surface area contributed by atoms with Crippen LogP contribution in [-0.2, 0) is 4.79 Å². The molecule has 0 aliphatic carbocycles. The van der Waals surface area contributed by atoms with Gasteiger partial charge in [0.1, 0.15) is 11.5 Å². The standard InChI is InChI=1S/C17H17ClO3S/c1-17(2,11-16(19)20)22-15-9-7-14(8-10-15)21-13-5-3-12(18)4-6-13/h3-10H,11H2,1-2H3,(H,19,20). The molecular formula is C17H17ClO3S. The van der Waals surface area contributed by atoms with E-state index in [1.54, 1.807) is 24.3 Å². The van der Waals surface area contributed by atoms with Crippen LogP contribution in [0.25, 0.3) is 0 Å². The Bertz CT molecular complexity index is 636. The maximum absolute atomic E-state index is 10.8. The Morgan fingerprint density at radius 2 is 1.59 bits per heavy atom. The van der Waals surface area contributed by atoms with Gasteiger partial charge in [-0.2, -0.15) is 0 Å². The van der Waals surface area contributed by atoms with E-state index < -0.39 is 5.97 Å². The zero-order chi connectivity index (χ0) is 16.2. The summed E-state index contributed by atoms with van der Waals surface area (Å²) >= 11 is 7.37. The van der Waals surface area contributed by atoms with Crippen LogP contribution in [0.3, 0.4) is 0 Å². The number of thioether (sulfide) groups is 1. The molecule has 0 saturated carbocycles. The van der Waals surface area contributed by atoms with Gasteiger partial charge in [-0.15, -0.1) is 11.8 Å². The highest BCUT2D eigenvalue weighted by Gasteiger charge is 2.23. The maximum Gasteiger partial charge on any atom is 0.304 e. The molecule has 0 heterocycles. The topological polar surface area (TPSA) is 46.5 Å². The molecule has 2 rings (SSSR count). The first kappa shape index (κ1) is 16.7. The van der Waals surface area contributed by atoms with E-state index in [1.807, 2.05) is 38.1 Å². The summed E-state index contributed by atoms with van der Waals surface area (Å²) in [4.78, 5) is 11.9. The van der Waals surface area contributed by atoms with Crippen LogP contribution < -0.4 is 4.74 Å². The number of carboxylic acids is 1. The minimum atomic E-state index is -0.791. The van der Waals surface area contributed by atoms with Crippen molar-refractivity contribution < 1.29 is 14.6 Å². The van der Waals surface area contributed by atoms with E-state index in [-0.39, 0.29) is 11.2 Å². The summed E-state index contributed by atoms with van der Waals surface area (Å²) in [7, 11) is 0. The number of halogens is 1. The third-order valence-corrected chi connectivity index (χ3v) is 4.30. The summed E-state index contributed by atoms with van der Waals surface area (Å²) in [6.07, 6.45) is 0.112. The molecule has 0 bridgehead atoms. The monoisotopic (exact) mass is 336 g/mol. The van der Waals surface area contributed by atoms with Crippen LogP contribution in [0, 0.1) is 0 Å². The third-order valence-electron chi connectivity index (χ3n) is 2.84. The highest BCUT2D eigenvalue weighted by atomic mass is 35.5. The minimum absolute atomic E-state index is 0.112. The van der Waals surface area contributed by atoms with Gasteiger partial charge in [0.25, 0.3) is 0 Å². The quantitative estimate of drug-likeness (QED) is 0.710. The Labute approximate surface area is 139 Å². The molecule has 0 fully saturated rings. The van der Waals surface area contributed by atoms with E-state index >= 15 is 0 Å². The fraction of sp³-hybridized carbons (Fsp3) is 0.235. The Morgan fingerprint density at radius 1 is 1.09 bits per heavy atom. The number of aliphatic carboxylic acids is 1. The molecule has 0 unspecified atom stereocenters. The molecule has 2 aromatic carbocycles. The van der Waals surface area contributed by atoms with E-state index in [2.05, 4.69) is 0 Å². The van der Waals surface area contributed by atoms with Gasteiger partial charge in [-0.3, -0.25) is 4.79 Å². The van der Waals surface area contributed by atoms with Gasteiger partial charge in [-0.25, -0.2) is 0 Å². The number of ether oxygens (including phenoxy) is 1. The van der Waals surface area contributed by atoms with Crippen molar-refractivity contribution in [1.82, 2.24) is 0 Å². The highest BCUT2D eigenvalue weighted by Crippen LogP contribution is 2.36. The van der Waals surface area contributed by atoms with Gasteiger partial charge in [-0.1, -0.05) is 11.6 Å². The molecule has 0 aromatic heterocycles. The molecule has 5 heteroatoms. The summed E-state index contributed by atoms with van der Waals surface area (Å²) < 4.78 is 5.36. The average Bonchev–Trinajstić information content (AvgIpc) is 2.42. The second-order valence-electron chi connectivity index (χ2n) is 5.46. The molecule has 0 saturated heterocycles. The summed E-state index contributed by atoms with van der Waals surface area (Å²) in [6, 6.07) is 14.8. The molecule has 3 nitrogen and oxygen atoms in total. The lowest BCUT2D eigenvalue weighted by atomic mass is 10.1. The summed E-state index contributed by atoms with van der Waals surface area (Å²) in [5, 5.41) is 9.58. The molecule has 0 amide bonds. The van der Waals surface area contributed by atoms with E-state index in [4.69, 9.17) is 21.4 Å². The maximum atomic E-state index is 10.8. The number of benzene rings is 2. The Balaban J connectivity index is 2.01. The lowest BCUT2D eigenvalue weighted by molar-refractivity contribution is -0.137. The van der Waals surface area contributed by atoms with Crippen LogP contribution in [0.4, 0.5) is 0 Å². The second-order valence-corrected chi connectivity index (χ2v) is 7.68. The highest BCUT2D eigenvalue weighted by molar-refractivity contribution is 8.00. The summed E-state index contributed by atoms with van der Waals surface area (Å²) in [6.45, 7) is 3.84. The molecule has 0 spiro atoms. The van der Waals surface area contributed by atoms with E-state index in [0.717, 1.165) is 16.4 Å². The first-order valence-electron chi connectivity index (χ1n) is 6.78. The molecule has 0 aliphatic rings. The van der Waals surface area contributed by atoms with Crippen molar-refractivity contribution in [1.29, 1.82) is 0 Å². The first-order chi connectivity index (χ1) is 10.3. The molecule has 116 valence electrons. The fourth-order valence-corrected chi connectivity index (χ4v) is 3.17. The van der Waals surface area contributed by atoms with Crippen molar-refractivity contribution in [2.24, 2.45) is 0 Å². The Morgan fingerprint density at radius 3 is 2.09 bits per heavy atom. The largest absolute Gasteiger partial charge is 0.481 e. The number of carbonyl (C=O) groups is 1. The van der Waals surface area contributed by atoms with Crippen LogP contribution in [0.1, 0.15) is 20.3 Å². The third kappa shape index (κ3) is 5.28. The number of hydrogen-bond donors (Lipinski definition) is 1. The van der Waals surface area contributed by atoms with Crippen molar-refractivity contribution in [3.8, 4) is 11.5 Å². The second kappa shape index (κ2) is 7.07. The first-order valence-corrected chi connectivity index (χ1v) is 7.98. The van der Waals surface area contributed by atoms with Gasteiger partial charge < -0.3 is 9.84 Å². The number of rotatable bonds is 6. The molecular weight excluding hydrogens is 320 g/mol. The number of carboxylic acid groups (broad SMARTS) is 1. The van der Waals surface area contributed by atoms with E-state index in [1.165, 1.54) is 11.8 Å². The number of hydrogen-bond acceptors (Lipinski definition) is 3. The van der Waals surface area contributed by atoms with Gasteiger partial charge in [0.05, 0.1) is 6.42 Å². The predicted molar refractivity (Wildman–Crippen MR) is 90.2 cm³/mol. The lowest BCUT2D eigenvalue weighted by Crippen LogP contribution is -2.19. The van der Waals surface area contributed by atoms with Crippen LogP contribution in [0.5, 0.6) is 11.5 Å². The predicted octanol–water partition coefficient (Wildman–Crippen LogP) is 5.48. The average molecular weight is 337 g/mol. The van der Waals surface area contributed by atoms with E-state index in [0.29, 0.717) is 5.02 Å². The molecule has 0 radical (unpaired) electrons. The van der Waals surface area contributed by atoms with Crippen LogP contribution in [-0.4, -0.2) is 15.8 Å².